The first-order chi connectivity index (χ1) is 10.9. The highest BCUT2D eigenvalue weighted by molar-refractivity contribution is 7.21. The summed E-state index contributed by atoms with van der Waals surface area (Å²) in [5.74, 6) is -3.01. The number of aryl methyl sites for hydroxylation is 1. The van der Waals surface area contributed by atoms with E-state index in [2.05, 4.69) is 9.72 Å². The fourth-order valence-electron chi connectivity index (χ4n) is 2.34. The summed E-state index contributed by atoms with van der Waals surface area (Å²) in [6.07, 6.45) is 0.891. The first-order valence-electron chi connectivity index (χ1n) is 6.55. The molecule has 0 aliphatic carbocycles. The summed E-state index contributed by atoms with van der Waals surface area (Å²) in [4.78, 5) is 15.6. The number of benzene rings is 1. The van der Waals surface area contributed by atoms with Gasteiger partial charge >= 0.3 is 5.97 Å². The van der Waals surface area contributed by atoms with Crippen LogP contribution in [0.25, 0.3) is 21.2 Å². The van der Waals surface area contributed by atoms with Crippen molar-refractivity contribution in [2.24, 2.45) is 0 Å². The molecule has 0 atom stereocenters. The molecule has 0 aliphatic heterocycles. The van der Waals surface area contributed by atoms with Crippen LogP contribution in [-0.4, -0.2) is 18.1 Å². The number of hydrogen-bond donors (Lipinski definition) is 0. The molecule has 0 fully saturated rings. The monoisotopic (exact) mass is 337 g/mol. The largest absolute Gasteiger partial charge is 0.465 e. The molecule has 7 heteroatoms. The lowest BCUT2D eigenvalue weighted by Crippen LogP contribution is -2.03. The zero-order chi connectivity index (χ0) is 16.7. The standard InChI is InChI=1S/C16H10F3NO2S/c1-7-14(19)13(10(18)6-20-7)12-9-4-3-8(17)5-11(9)23-15(12)16(21)22-2/h3-6H,1-2H3. The van der Waals surface area contributed by atoms with Crippen molar-refractivity contribution >= 4 is 27.4 Å². The van der Waals surface area contributed by atoms with Crippen molar-refractivity contribution in [1.82, 2.24) is 4.98 Å². The molecule has 0 saturated carbocycles. The molecule has 1 aromatic carbocycles. The van der Waals surface area contributed by atoms with Crippen LogP contribution < -0.4 is 0 Å². The average molecular weight is 337 g/mol. The van der Waals surface area contributed by atoms with Gasteiger partial charge in [0.15, 0.2) is 11.6 Å². The minimum Gasteiger partial charge on any atom is -0.465 e. The van der Waals surface area contributed by atoms with E-state index in [9.17, 15) is 18.0 Å². The van der Waals surface area contributed by atoms with E-state index in [0.717, 1.165) is 17.5 Å². The number of esters is 1. The highest BCUT2D eigenvalue weighted by atomic mass is 32.1. The van der Waals surface area contributed by atoms with Gasteiger partial charge in [0.2, 0.25) is 0 Å². The van der Waals surface area contributed by atoms with Gasteiger partial charge in [-0.25, -0.2) is 18.0 Å². The topological polar surface area (TPSA) is 39.2 Å². The summed E-state index contributed by atoms with van der Waals surface area (Å²) in [5, 5.41) is 0.375. The number of hydrogen-bond acceptors (Lipinski definition) is 4. The molecule has 0 N–H and O–H groups in total. The normalized spacial score (nSPS) is 11.0. The van der Waals surface area contributed by atoms with Gasteiger partial charge in [0.05, 0.1) is 24.6 Å². The van der Waals surface area contributed by atoms with Crippen molar-refractivity contribution in [2.75, 3.05) is 7.11 Å². The first-order valence-corrected chi connectivity index (χ1v) is 7.37. The van der Waals surface area contributed by atoms with E-state index in [0.29, 0.717) is 10.1 Å². The molecule has 0 amide bonds. The fraction of sp³-hybridized carbons (Fsp3) is 0.125. The number of aromatic nitrogens is 1. The van der Waals surface area contributed by atoms with Crippen molar-refractivity contribution in [1.29, 1.82) is 0 Å². The second kappa shape index (κ2) is 5.66. The van der Waals surface area contributed by atoms with E-state index in [4.69, 9.17) is 0 Å². The molecule has 118 valence electrons. The van der Waals surface area contributed by atoms with E-state index in [1.165, 1.54) is 32.2 Å². The average Bonchev–Trinajstić information content (AvgIpc) is 2.89. The molecule has 0 radical (unpaired) electrons. The molecule has 0 aliphatic rings. The predicted molar refractivity (Wildman–Crippen MR) is 81.0 cm³/mol. The van der Waals surface area contributed by atoms with Gasteiger partial charge < -0.3 is 4.74 Å². The molecule has 23 heavy (non-hydrogen) atoms. The van der Waals surface area contributed by atoms with Crippen LogP contribution in [0.2, 0.25) is 0 Å². The Bertz CT molecular complexity index is 937. The summed E-state index contributed by atoms with van der Waals surface area (Å²) in [5.41, 5.74) is -0.313. The number of thiophene rings is 1. The molecular formula is C16H10F3NO2S. The van der Waals surface area contributed by atoms with Gasteiger partial charge in [-0.1, -0.05) is 0 Å². The predicted octanol–water partition coefficient (Wildman–Crippen LogP) is 4.48. The SMILES string of the molecule is COC(=O)c1sc2cc(F)ccc2c1-c1c(F)cnc(C)c1F. The summed E-state index contributed by atoms with van der Waals surface area (Å²) in [6.45, 7) is 1.39. The van der Waals surface area contributed by atoms with Crippen LogP contribution in [0.3, 0.4) is 0 Å². The number of nitrogens with zero attached hydrogens (tertiary/aromatic N) is 1. The Hall–Kier alpha value is -2.41. The molecule has 0 saturated heterocycles. The van der Waals surface area contributed by atoms with Gasteiger partial charge in [0.25, 0.3) is 0 Å². The highest BCUT2D eigenvalue weighted by Crippen LogP contribution is 2.41. The smallest absolute Gasteiger partial charge is 0.348 e. The minimum atomic E-state index is -0.901. The van der Waals surface area contributed by atoms with Crippen molar-refractivity contribution in [3.63, 3.8) is 0 Å². The second-order valence-corrected chi connectivity index (χ2v) is 5.87. The summed E-state index contributed by atoms with van der Waals surface area (Å²) >= 11 is 0.921. The van der Waals surface area contributed by atoms with Crippen molar-refractivity contribution in [2.45, 2.75) is 6.92 Å². The van der Waals surface area contributed by atoms with E-state index in [1.54, 1.807) is 0 Å². The molecular weight excluding hydrogens is 327 g/mol. The molecule has 3 rings (SSSR count). The number of fused-ring (bicyclic) bond motifs is 1. The van der Waals surface area contributed by atoms with Crippen molar-refractivity contribution in [3.05, 3.63) is 52.4 Å². The number of halogens is 3. The summed E-state index contributed by atoms with van der Waals surface area (Å²) < 4.78 is 47.2. The maximum absolute atomic E-state index is 14.5. The van der Waals surface area contributed by atoms with Gasteiger partial charge in [-0.3, -0.25) is 4.98 Å². The zero-order valence-electron chi connectivity index (χ0n) is 12.1. The molecule has 3 aromatic rings. The van der Waals surface area contributed by atoms with E-state index in [1.807, 2.05) is 0 Å². The number of methoxy groups -OCH3 is 1. The Morgan fingerprint density at radius 1 is 1.22 bits per heavy atom. The number of ether oxygens (including phenoxy) is 1. The van der Waals surface area contributed by atoms with Gasteiger partial charge in [-0.15, -0.1) is 11.3 Å². The lowest BCUT2D eigenvalue weighted by atomic mass is 10.0. The van der Waals surface area contributed by atoms with E-state index in [-0.39, 0.29) is 21.7 Å². The number of pyridine rings is 1. The quantitative estimate of drug-likeness (QED) is 0.648. The second-order valence-electron chi connectivity index (χ2n) is 4.82. The maximum Gasteiger partial charge on any atom is 0.348 e. The highest BCUT2D eigenvalue weighted by Gasteiger charge is 2.26. The Morgan fingerprint density at radius 2 is 1.96 bits per heavy atom. The number of carbonyl (C=O) groups is 1. The Morgan fingerprint density at radius 3 is 2.65 bits per heavy atom. The Labute approximate surface area is 133 Å². The molecule has 2 heterocycles. The zero-order valence-corrected chi connectivity index (χ0v) is 12.9. The first kappa shape index (κ1) is 15.5. The molecule has 3 nitrogen and oxygen atoms in total. The lowest BCUT2D eigenvalue weighted by Gasteiger charge is -2.08. The van der Waals surface area contributed by atoms with Crippen LogP contribution in [0.15, 0.2) is 24.4 Å². The number of rotatable bonds is 2. The van der Waals surface area contributed by atoms with Crippen LogP contribution in [0, 0.1) is 24.4 Å². The van der Waals surface area contributed by atoms with Gasteiger partial charge in [-0.2, -0.15) is 0 Å². The van der Waals surface area contributed by atoms with Crippen LogP contribution in [0.1, 0.15) is 15.4 Å². The Balaban J connectivity index is 2.45. The Kier molecular flexibility index (Phi) is 3.81. The van der Waals surface area contributed by atoms with E-state index >= 15 is 0 Å². The maximum atomic E-state index is 14.5. The third kappa shape index (κ3) is 2.46. The van der Waals surface area contributed by atoms with Crippen LogP contribution >= 0.6 is 11.3 Å². The molecule has 0 spiro atoms. The van der Waals surface area contributed by atoms with Gasteiger partial charge in [0.1, 0.15) is 10.7 Å². The third-order valence-corrected chi connectivity index (χ3v) is 4.55. The third-order valence-electron chi connectivity index (χ3n) is 3.42. The summed E-state index contributed by atoms with van der Waals surface area (Å²) in [7, 11) is 1.17. The van der Waals surface area contributed by atoms with Crippen LogP contribution in [-0.2, 0) is 4.74 Å². The van der Waals surface area contributed by atoms with Gasteiger partial charge in [-0.05, 0) is 25.1 Å². The molecule has 0 unspecified atom stereocenters. The fourth-order valence-corrected chi connectivity index (χ4v) is 3.50. The number of carbonyl (C=O) groups excluding carboxylic acids is 1. The minimum absolute atomic E-state index is 0.00122. The van der Waals surface area contributed by atoms with Crippen LogP contribution in [0.4, 0.5) is 13.2 Å². The summed E-state index contributed by atoms with van der Waals surface area (Å²) in [6, 6.07) is 3.76. The van der Waals surface area contributed by atoms with Crippen molar-refractivity contribution < 1.29 is 22.7 Å². The molecule has 0 bridgehead atoms. The molecule has 2 aromatic heterocycles. The van der Waals surface area contributed by atoms with Crippen molar-refractivity contribution in [3.8, 4) is 11.1 Å². The van der Waals surface area contributed by atoms with E-state index < -0.39 is 23.4 Å². The van der Waals surface area contributed by atoms with Gasteiger partial charge in [0, 0.05) is 15.6 Å². The lowest BCUT2D eigenvalue weighted by molar-refractivity contribution is 0.0607. The van der Waals surface area contributed by atoms with Crippen LogP contribution in [0.5, 0.6) is 0 Å².